The molecule has 0 saturated heterocycles. The van der Waals surface area contributed by atoms with Gasteiger partial charge in [-0.3, -0.25) is 0 Å². The molecular weight excluding hydrogens is 200 g/mol. The summed E-state index contributed by atoms with van der Waals surface area (Å²) in [5.74, 6) is 0.817. The predicted molar refractivity (Wildman–Crippen MR) is 55.4 cm³/mol. The quantitative estimate of drug-likeness (QED) is 0.710. The van der Waals surface area contributed by atoms with Crippen molar-refractivity contribution >= 4 is 12.4 Å². The van der Waals surface area contributed by atoms with Crippen LogP contribution in [0.1, 0.15) is 23.6 Å². The molecule has 1 heterocycles. The van der Waals surface area contributed by atoms with Crippen molar-refractivity contribution in [2.75, 3.05) is 6.61 Å². The molecule has 0 aromatic heterocycles. The van der Waals surface area contributed by atoms with Crippen LogP contribution in [0, 0.1) is 11.3 Å². The highest BCUT2D eigenvalue weighted by molar-refractivity contribution is 5.85. The smallest absolute Gasteiger partial charge is 0.124 e. The van der Waals surface area contributed by atoms with Crippen molar-refractivity contribution in [2.45, 2.75) is 12.5 Å². The minimum absolute atomic E-state index is 0. The number of ether oxygens (including phenoxy) is 1. The van der Waals surface area contributed by atoms with Crippen LogP contribution < -0.4 is 10.5 Å². The summed E-state index contributed by atoms with van der Waals surface area (Å²) in [5.41, 5.74) is 7.47. The number of nitriles is 1. The molecule has 1 unspecified atom stereocenters. The van der Waals surface area contributed by atoms with Crippen LogP contribution in [0.3, 0.4) is 0 Å². The molecule has 0 fully saturated rings. The fourth-order valence-electron chi connectivity index (χ4n) is 1.49. The lowest BCUT2D eigenvalue weighted by atomic mass is 9.99. The third-order valence-electron chi connectivity index (χ3n) is 2.22. The molecule has 1 aromatic carbocycles. The molecule has 2 N–H and O–H groups in total. The number of rotatable bonds is 0. The first kappa shape index (κ1) is 10.8. The molecule has 1 aliphatic rings. The van der Waals surface area contributed by atoms with E-state index in [1.165, 1.54) is 0 Å². The average molecular weight is 211 g/mol. The van der Waals surface area contributed by atoms with E-state index >= 15 is 0 Å². The van der Waals surface area contributed by atoms with E-state index in [0.717, 1.165) is 17.7 Å². The zero-order chi connectivity index (χ0) is 9.26. The first-order chi connectivity index (χ1) is 6.31. The first-order valence-corrected chi connectivity index (χ1v) is 4.23. The van der Waals surface area contributed by atoms with Gasteiger partial charge in [0, 0.05) is 18.0 Å². The standard InChI is InChI=1S/C10H10N2O.ClH/c11-6-7-1-2-10-8(5-7)9(12)3-4-13-10;/h1-2,5,9H,3-4,12H2;1H. The van der Waals surface area contributed by atoms with Crippen molar-refractivity contribution in [1.29, 1.82) is 5.26 Å². The largest absolute Gasteiger partial charge is 0.493 e. The molecule has 2 rings (SSSR count). The van der Waals surface area contributed by atoms with Gasteiger partial charge in [-0.1, -0.05) is 0 Å². The van der Waals surface area contributed by atoms with Crippen LogP contribution in [0.15, 0.2) is 18.2 Å². The number of benzene rings is 1. The van der Waals surface area contributed by atoms with Crippen molar-refractivity contribution in [1.82, 2.24) is 0 Å². The minimum atomic E-state index is 0. The summed E-state index contributed by atoms with van der Waals surface area (Å²) in [5, 5.41) is 8.69. The SMILES string of the molecule is Cl.N#Cc1ccc2c(c1)C(N)CCO2. The number of hydrogen-bond acceptors (Lipinski definition) is 3. The lowest BCUT2D eigenvalue weighted by Gasteiger charge is -2.22. The fraction of sp³-hybridized carbons (Fsp3) is 0.300. The molecular formula is C10H11ClN2O. The summed E-state index contributed by atoms with van der Waals surface area (Å²) in [6.45, 7) is 0.667. The monoisotopic (exact) mass is 210 g/mol. The molecule has 3 nitrogen and oxygen atoms in total. The summed E-state index contributed by atoms with van der Waals surface area (Å²) >= 11 is 0. The van der Waals surface area contributed by atoms with Crippen molar-refractivity contribution < 1.29 is 4.74 Å². The average Bonchev–Trinajstić information content (AvgIpc) is 2.18. The van der Waals surface area contributed by atoms with E-state index in [2.05, 4.69) is 6.07 Å². The summed E-state index contributed by atoms with van der Waals surface area (Å²) in [6.07, 6.45) is 0.821. The van der Waals surface area contributed by atoms with Gasteiger partial charge in [-0.15, -0.1) is 12.4 Å². The van der Waals surface area contributed by atoms with Gasteiger partial charge in [-0.2, -0.15) is 5.26 Å². The number of nitrogens with zero attached hydrogens (tertiary/aromatic N) is 1. The van der Waals surface area contributed by atoms with Crippen LogP contribution in [0.25, 0.3) is 0 Å². The topological polar surface area (TPSA) is 59.0 Å². The number of hydrogen-bond donors (Lipinski definition) is 1. The van der Waals surface area contributed by atoms with E-state index in [9.17, 15) is 0 Å². The van der Waals surface area contributed by atoms with Gasteiger partial charge in [0.15, 0.2) is 0 Å². The maximum absolute atomic E-state index is 8.69. The Bertz CT molecular complexity index is 373. The Kier molecular flexibility index (Phi) is 3.34. The highest BCUT2D eigenvalue weighted by Crippen LogP contribution is 2.30. The third kappa shape index (κ3) is 1.82. The van der Waals surface area contributed by atoms with Crippen molar-refractivity contribution in [3.8, 4) is 11.8 Å². The molecule has 1 aromatic rings. The van der Waals surface area contributed by atoms with Crippen LogP contribution in [0.4, 0.5) is 0 Å². The Labute approximate surface area is 88.9 Å². The maximum atomic E-state index is 8.69. The molecule has 14 heavy (non-hydrogen) atoms. The van der Waals surface area contributed by atoms with E-state index in [4.69, 9.17) is 15.7 Å². The van der Waals surface area contributed by atoms with Crippen molar-refractivity contribution in [2.24, 2.45) is 5.73 Å². The van der Waals surface area contributed by atoms with Gasteiger partial charge in [0.1, 0.15) is 5.75 Å². The summed E-state index contributed by atoms with van der Waals surface area (Å²) in [4.78, 5) is 0. The van der Waals surface area contributed by atoms with E-state index in [-0.39, 0.29) is 18.4 Å². The Morgan fingerprint density at radius 3 is 3.00 bits per heavy atom. The Morgan fingerprint density at radius 1 is 1.50 bits per heavy atom. The van der Waals surface area contributed by atoms with E-state index < -0.39 is 0 Å². The van der Waals surface area contributed by atoms with Crippen LogP contribution in [0.2, 0.25) is 0 Å². The van der Waals surface area contributed by atoms with E-state index in [1.807, 2.05) is 6.07 Å². The molecule has 0 saturated carbocycles. The Hall–Kier alpha value is -1.24. The van der Waals surface area contributed by atoms with Crippen LogP contribution in [-0.2, 0) is 0 Å². The van der Waals surface area contributed by atoms with Gasteiger partial charge < -0.3 is 10.5 Å². The zero-order valence-corrected chi connectivity index (χ0v) is 8.38. The van der Waals surface area contributed by atoms with Gasteiger partial charge in [0.25, 0.3) is 0 Å². The molecule has 1 aliphatic heterocycles. The lowest BCUT2D eigenvalue weighted by molar-refractivity contribution is 0.269. The molecule has 0 radical (unpaired) electrons. The normalized spacial score (nSPS) is 18.4. The van der Waals surface area contributed by atoms with Gasteiger partial charge >= 0.3 is 0 Å². The van der Waals surface area contributed by atoms with E-state index in [0.29, 0.717) is 12.2 Å². The summed E-state index contributed by atoms with van der Waals surface area (Å²) in [6, 6.07) is 7.46. The molecule has 0 spiro atoms. The minimum Gasteiger partial charge on any atom is -0.493 e. The summed E-state index contributed by atoms with van der Waals surface area (Å²) < 4.78 is 5.40. The highest BCUT2D eigenvalue weighted by atomic mass is 35.5. The van der Waals surface area contributed by atoms with Crippen LogP contribution in [-0.4, -0.2) is 6.61 Å². The van der Waals surface area contributed by atoms with Gasteiger partial charge in [-0.05, 0) is 18.2 Å². The molecule has 0 bridgehead atoms. The van der Waals surface area contributed by atoms with Crippen LogP contribution >= 0.6 is 12.4 Å². The Balaban J connectivity index is 0.000000980. The fourth-order valence-corrected chi connectivity index (χ4v) is 1.49. The summed E-state index contributed by atoms with van der Waals surface area (Å²) in [7, 11) is 0. The van der Waals surface area contributed by atoms with Crippen molar-refractivity contribution in [3.05, 3.63) is 29.3 Å². The predicted octanol–water partition coefficient (Wildman–Crippen LogP) is 1.76. The number of fused-ring (bicyclic) bond motifs is 1. The van der Waals surface area contributed by atoms with Crippen molar-refractivity contribution in [3.63, 3.8) is 0 Å². The second kappa shape index (κ2) is 4.32. The molecule has 74 valence electrons. The molecule has 0 aliphatic carbocycles. The number of nitrogens with two attached hydrogens (primary N) is 1. The number of halogens is 1. The molecule has 1 atom stereocenters. The zero-order valence-electron chi connectivity index (χ0n) is 7.56. The van der Waals surface area contributed by atoms with Gasteiger partial charge in [0.05, 0.1) is 18.2 Å². The first-order valence-electron chi connectivity index (χ1n) is 4.23. The molecule has 0 amide bonds. The maximum Gasteiger partial charge on any atom is 0.124 e. The van der Waals surface area contributed by atoms with E-state index in [1.54, 1.807) is 12.1 Å². The molecule has 4 heteroatoms. The highest BCUT2D eigenvalue weighted by Gasteiger charge is 2.17. The second-order valence-corrected chi connectivity index (χ2v) is 3.11. The lowest BCUT2D eigenvalue weighted by Crippen LogP contribution is -2.20. The second-order valence-electron chi connectivity index (χ2n) is 3.11. The van der Waals surface area contributed by atoms with Gasteiger partial charge in [-0.25, -0.2) is 0 Å². The van der Waals surface area contributed by atoms with Gasteiger partial charge in [0.2, 0.25) is 0 Å². The Morgan fingerprint density at radius 2 is 2.29 bits per heavy atom. The third-order valence-corrected chi connectivity index (χ3v) is 2.22. The van der Waals surface area contributed by atoms with Crippen LogP contribution in [0.5, 0.6) is 5.75 Å².